The number of methoxy groups -OCH3 is 2. The molecule has 0 radical (unpaired) electrons. The Labute approximate surface area is 148 Å². The summed E-state index contributed by atoms with van der Waals surface area (Å²) in [6.07, 6.45) is 1.88. The van der Waals surface area contributed by atoms with Crippen LogP contribution in [0.25, 0.3) is 11.3 Å². The Hall–Kier alpha value is -2.63. The molecular formula is C20H23N3O2. The molecule has 0 amide bonds. The molecule has 0 spiro atoms. The third-order valence-electron chi connectivity index (χ3n) is 4.20. The van der Waals surface area contributed by atoms with Crippen LogP contribution < -0.4 is 10.1 Å². The molecule has 0 aliphatic carbocycles. The number of hydrogen-bond acceptors (Lipinski definition) is 4. The van der Waals surface area contributed by atoms with Gasteiger partial charge in [0.1, 0.15) is 5.75 Å². The standard InChI is InChI=1S/C20H23N3O2/c1-24-18-10-8-16(9-11-18)20-17(13-22-23-20)12-21-14-19(25-2)15-6-4-3-5-7-15/h3-11,13,19,21H,12,14H2,1-2H3,(H,22,23)/t19-/m1/s1. The van der Waals surface area contributed by atoms with E-state index >= 15 is 0 Å². The smallest absolute Gasteiger partial charge is 0.118 e. The van der Waals surface area contributed by atoms with Gasteiger partial charge in [-0.15, -0.1) is 0 Å². The number of aromatic nitrogens is 2. The average Bonchev–Trinajstić information content (AvgIpc) is 3.14. The highest BCUT2D eigenvalue weighted by atomic mass is 16.5. The normalized spacial score (nSPS) is 12.1. The molecule has 2 N–H and O–H groups in total. The fourth-order valence-electron chi connectivity index (χ4n) is 2.80. The largest absolute Gasteiger partial charge is 0.497 e. The van der Waals surface area contributed by atoms with Crippen molar-refractivity contribution in [3.05, 3.63) is 71.9 Å². The lowest BCUT2D eigenvalue weighted by molar-refractivity contribution is 0.102. The van der Waals surface area contributed by atoms with E-state index in [2.05, 4.69) is 27.6 Å². The first-order valence-electron chi connectivity index (χ1n) is 8.27. The zero-order valence-electron chi connectivity index (χ0n) is 14.5. The predicted octanol–water partition coefficient (Wildman–Crippen LogP) is 3.56. The van der Waals surface area contributed by atoms with Gasteiger partial charge < -0.3 is 14.8 Å². The molecule has 5 heteroatoms. The number of aromatic amines is 1. The van der Waals surface area contributed by atoms with Gasteiger partial charge >= 0.3 is 0 Å². The van der Waals surface area contributed by atoms with Crippen LogP contribution in [0.2, 0.25) is 0 Å². The van der Waals surface area contributed by atoms with Crippen molar-refractivity contribution in [1.82, 2.24) is 15.5 Å². The van der Waals surface area contributed by atoms with Gasteiger partial charge in [-0.05, 0) is 29.8 Å². The third-order valence-corrected chi connectivity index (χ3v) is 4.20. The minimum absolute atomic E-state index is 0.0255. The summed E-state index contributed by atoms with van der Waals surface area (Å²) >= 11 is 0. The van der Waals surface area contributed by atoms with Crippen LogP contribution in [-0.2, 0) is 11.3 Å². The second-order valence-electron chi connectivity index (χ2n) is 5.76. The molecule has 1 aromatic heterocycles. The van der Waals surface area contributed by atoms with Crippen LogP contribution in [0.4, 0.5) is 0 Å². The summed E-state index contributed by atoms with van der Waals surface area (Å²) in [5.74, 6) is 0.841. The molecule has 0 fully saturated rings. The van der Waals surface area contributed by atoms with E-state index in [-0.39, 0.29) is 6.10 Å². The average molecular weight is 337 g/mol. The lowest BCUT2D eigenvalue weighted by Crippen LogP contribution is -2.22. The number of benzene rings is 2. The molecule has 0 saturated carbocycles. The van der Waals surface area contributed by atoms with Crippen molar-refractivity contribution in [1.29, 1.82) is 0 Å². The van der Waals surface area contributed by atoms with E-state index in [1.54, 1.807) is 14.2 Å². The maximum Gasteiger partial charge on any atom is 0.118 e. The molecule has 5 nitrogen and oxygen atoms in total. The van der Waals surface area contributed by atoms with Gasteiger partial charge in [-0.25, -0.2) is 0 Å². The lowest BCUT2D eigenvalue weighted by atomic mass is 10.1. The van der Waals surface area contributed by atoms with E-state index in [0.717, 1.165) is 29.1 Å². The fraction of sp³-hybridized carbons (Fsp3) is 0.250. The first kappa shape index (κ1) is 17.2. The van der Waals surface area contributed by atoms with Gasteiger partial charge in [0.25, 0.3) is 0 Å². The summed E-state index contributed by atoms with van der Waals surface area (Å²) in [6.45, 7) is 1.44. The number of nitrogens with zero attached hydrogens (tertiary/aromatic N) is 1. The van der Waals surface area contributed by atoms with Gasteiger partial charge in [0.05, 0.1) is 25.1 Å². The lowest BCUT2D eigenvalue weighted by Gasteiger charge is -2.16. The second kappa shape index (κ2) is 8.46. The zero-order chi connectivity index (χ0) is 17.5. The fourth-order valence-corrected chi connectivity index (χ4v) is 2.80. The highest BCUT2D eigenvalue weighted by Crippen LogP contribution is 2.24. The zero-order valence-corrected chi connectivity index (χ0v) is 14.5. The SMILES string of the molecule is COc1ccc(-c2[nH]ncc2CNC[C@@H](OC)c2ccccc2)cc1. The second-order valence-corrected chi connectivity index (χ2v) is 5.76. The Kier molecular flexibility index (Phi) is 5.82. The van der Waals surface area contributed by atoms with Crippen molar-refractivity contribution >= 4 is 0 Å². The summed E-state index contributed by atoms with van der Waals surface area (Å²) in [6, 6.07) is 18.2. The van der Waals surface area contributed by atoms with E-state index in [0.29, 0.717) is 6.54 Å². The van der Waals surface area contributed by atoms with Gasteiger partial charge in [0.15, 0.2) is 0 Å². The van der Waals surface area contributed by atoms with Gasteiger partial charge in [-0.2, -0.15) is 5.10 Å². The van der Waals surface area contributed by atoms with Crippen LogP contribution in [0.15, 0.2) is 60.8 Å². The number of nitrogens with one attached hydrogen (secondary N) is 2. The molecule has 1 heterocycles. The van der Waals surface area contributed by atoms with E-state index < -0.39 is 0 Å². The number of rotatable bonds is 8. The Bertz CT molecular complexity index is 769. The Morgan fingerprint density at radius 1 is 1.04 bits per heavy atom. The topological polar surface area (TPSA) is 59.2 Å². The van der Waals surface area contributed by atoms with Gasteiger partial charge in [0, 0.05) is 31.3 Å². The van der Waals surface area contributed by atoms with Crippen LogP contribution in [0.1, 0.15) is 17.2 Å². The van der Waals surface area contributed by atoms with Crippen molar-refractivity contribution in [3.8, 4) is 17.0 Å². The van der Waals surface area contributed by atoms with E-state index in [4.69, 9.17) is 9.47 Å². The number of H-pyrrole nitrogens is 1. The van der Waals surface area contributed by atoms with Gasteiger partial charge in [-0.1, -0.05) is 30.3 Å². The highest BCUT2D eigenvalue weighted by Gasteiger charge is 2.11. The monoisotopic (exact) mass is 337 g/mol. The molecular weight excluding hydrogens is 314 g/mol. The first-order valence-corrected chi connectivity index (χ1v) is 8.27. The molecule has 0 unspecified atom stereocenters. The van der Waals surface area contributed by atoms with Gasteiger partial charge in [-0.3, -0.25) is 5.10 Å². The molecule has 3 rings (SSSR count). The molecule has 3 aromatic rings. The summed E-state index contributed by atoms with van der Waals surface area (Å²) < 4.78 is 10.8. The Balaban J connectivity index is 1.63. The molecule has 25 heavy (non-hydrogen) atoms. The maximum absolute atomic E-state index is 5.60. The minimum Gasteiger partial charge on any atom is -0.497 e. The molecule has 0 bridgehead atoms. The highest BCUT2D eigenvalue weighted by molar-refractivity contribution is 5.63. The van der Waals surface area contributed by atoms with Crippen LogP contribution in [0.5, 0.6) is 5.75 Å². The van der Waals surface area contributed by atoms with Crippen LogP contribution in [0.3, 0.4) is 0 Å². The molecule has 0 saturated heterocycles. The maximum atomic E-state index is 5.60. The summed E-state index contributed by atoms with van der Waals surface area (Å²) in [5.41, 5.74) is 4.39. The van der Waals surface area contributed by atoms with Crippen LogP contribution in [0, 0.1) is 0 Å². The summed E-state index contributed by atoms with van der Waals surface area (Å²) in [4.78, 5) is 0. The molecule has 0 aliphatic rings. The van der Waals surface area contributed by atoms with Crippen molar-refractivity contribution in [2.75, 3.05) is 20.8 Å². The van der Waals surface area contributed by atoms with Crippen LogP contribution >= 0.6 is 0 Å². The van der Waals surface area contributed by atoms with Crippen molar-refractivity contribution in [2.24, 2.45) is 0 Å². The van der Waals surface area contributed by atoms with Crippen molar-refractivity contribution in [2.45, 2.75) is 12.6 Å². The minimum atomic E-state index is 0.0255. The van der Waals surface area contributed by atoms with Crippen LogP contribution in [-0.4, -0.2) is 31.0 Å². The van der Waals surface area contributed by atoms with E-state index in [1.165, 1.54) is 5.56 Å². The van der Waals surface area contributed by atoms with E-state index in [1.807, 2.05) is 48.7 Å². The molecule has 130 valence electrons. The number of ether oxygens (including phenoxy) is 2. The Morgan fingerprint density at radius 3 is 2.48 bits per heavy atom. The first-order chi connectivity index (χ1) is 12.3. The van der Waals surface area contributed by atoms with Gasteiger partial charge in [0.2, 0.25) is 0 Å². The Morgan fingerprint density at radius 2 is 1.80 bits per heavy atom. The quantitative estimate of drug-likeness (QED) is 0.660. The summed E-state index contributed by atoms with van der Waals surface area (Å²) in [5, 5.41) is 10.7. The van der Waals surface area contributed by atoms with Crippen molar-refractivity contribution < 1.29 is 9.47 Å². The number of hydrogen-bond donors (Lipinski definition) is 2. The van der Waals surface area contributed by atoms with Crippen molar-refractivity contribution in [3.63, 3.8) is 0 Å². The predicted molar refractivity (Wildman–Crippen MR) is 98.5 cm³/mol. The third kappa shape index (κ3) is 4.26. The molecule has 0 aliphatic heterocycles. The molecule has 1 atom stereocenters. The molecule has 2 aromatic carbocycles. The summed E-state index contributed by atoms with van der Waals surface area (Å²) in [7, 11) is 3.40. The van der Waals surface area contributed by atoms with E-state index in [9.17, 15) is 0 Å².